The van der Waals surface area contributed by atoms with Gasteiger partial charge in [0.25, 0.3) is 0 Å². The van der Waals surface area contributed by atoms with Crippen molar-refractivity contribution in [3.05, 3.63) is 0 Å². The van der Waals surface area contributed by atoms with E-state index in [1.54, 1.807) is 11.8 Å². The highest BCUT2D eigenvalue weighted by molar-refractivity contribution is 8.01. The van der Waals surface area contributed by atoms with Crippen molar-refractivity contribution >= 4 is 23.6 Å². The van der Waals surface area contributed by atoms with Crippen molar-refractivity contribution in [2.75, 3.05) is 32.1 Å². The first-order chi connectivity index (χ1) is 8.62. The van der Waals surface area contributed by atoms with Crippen LogP contribution in [0.4, 0.5) is 0 Å². The Balaban J connectivity index is 1.76. The Morgan fingerprint density at radius 1 is 1.44 bits per heavy atom. The Morgan fingerprint density at radius 3 is 2.89 bits per heavy atom. The van der Waals surface area contributed by atoms with Crippen LogP contribution in [0.5, 0.6) is 0 Å². The Labute approximate surface area is 111 Å². The first-order valence-corrected chi connectivity index (χ1v) is 7.43. The number of morpholine rings is 1. The van der Waals surface area contributed by atoms with E-state index in [0.717, 1.165) is 12.2 Å². The fraction of sp³-hybridized carbons (Fsp3) is 0.833. The lowest BCUT2D eigenvalue weighted by molar-refractivity contribution is -0.146. The molecule has 0 aromatic heterocycles. The van der Waals surface area contributed by atoms with Gasteiger partial charge in [0.05, 0.1) is 18.1 Å². The van der Waals surface area contributed by atoms with Gasteiger partial charge in [0.1, 0.15) is 6.04 Å². The second kappa shape index (κ2) is 4.42. The van der Waals surface area contributed by atoms with Crippen molar-refractivity contribution in [1.29, 1.82) is 0 Å². The molecule has 0 aromatic rings. The summed E-state index contributed by atoms with van der Waals surface area (Å²) in [4.78, 5) is 28.0. The largest absolute Gasteiger partial charge is 0.378 e. The van der Waals surface area contributed by atoms with E-state index in [1.807, 2.05) is 9.80 Å². The summed E-state index contributed by atoms with van der Waals surface area (Å²) < 4.78 is 5.26. The maximum absolute atomic E-state index is 12.5. The number of hydrogen-bond acceptors (Lipinski definition) is 4. The fourth-order valence-corrected chi connectivity index (χ4v) is 4.42. The highest BCUT2D eigenvalue weighted by Gasteiger charge is 2.53. The summed E-state index contributed by atoms with van der Waals surface area (Å²) in [6.45, 7) is 4.60. The van der Waals surface area contributed by atoms with Crippen molar-refractivity contribution in [3.8, 4) is 0 Å². The highest BCUT2D eigenvalue weighted by atomic mass is 32.2. The lowest BCUT2D eigenvalue weighted by atomic mass is 10.2. The molecule has 3 saturated heterocycles. The Hall–Kier alpha value is -0.750. The summed E-state index contributed by atoms with van der Waals surface area (Å²) in [7, 11) is 0. The van der Waals surface area contributed by atoms with Gasteiger partial charge in [-0.05, 0) is 13.3 Å². The second-order valence-electron chi connectivity index (χ2n) is 5.20. The molecule has 0 aliphatic carbocycles. The van der Waals surface area contributed by atoms with E-state index < -0.39 is 0 Å². The zero-order chi connectivity index (χ0) is 12.8. The van der Waals surface area contributed by atoms with Crippen LogP contribution in [0, 0.1) is 0 Å². The lowest BCUT2D eigenvalue weighted by Gasteiger charge is -2.34. The molecule has 2 amide bonds. The van der Waals surface area contributed by atoms with Crippen LogP contribution in [0.2, 0.25) is 0 Å². The summed E-state index contributed by atoms with van der Waals surface area (Å²) >= 11 is 1.75. The first kappa shape index (κ1) is 12.3. The number of hydrogen-bond donors (Lipinski definition) is 0. The number of carbonyl (C=O) groups excluding carboxylic acids is 2. The molecule has 3 fully saturated rings. The maximum atomic E-state index is 12.5. The summed E-state index contributed by atoms with van der Waals surface area (Å²) in [5.41, 5.74) is 0. The van der Waals surface area contributed by atoms with E-state index in [-0.39, 0.29) is 22.7 Å². The van der Waals surface area contributed by atoms with Crippen LogP contribution in [-0.4, -0.2) is 64.6 Å². The monoisotopic (exact) mass is 270 g/mol. The van der Waals surface area contributed by atoms with E-state index in [1.165, 1.54) is 0 Å². The van der Waals surface area contributed by atoms with Crippen LogP contribution < -0.4 is 0 Å². The van der Waals surface area contributed by atoms with Crippen LogP contribution in [0.25, 0.3) is 0 Å². The molecule has 5 nitrogen and oxygen atoms in total. The van der Waals surface area contributed by atoms with E-state index in [4.69, 9.17) is 4.74 Å². The molecule has 6 heteroatoms. The summed E-state index contributed by atoms with van der Waals surface area (Å²) in [6.07, 6.45) is 1.44. The molecule has 0 aromatic carbocycles. The van der Waals surface area contributed by atoms with Gasteiger partial charge in [0.15, 0.2) is 0 Å². The number of nitrogens with zero attached hydrogens (tertiary/aromatic N) is 2. The van der Waals surface area contributed by atoms with Crippen molar-refractivity contribution in [3.63, 3.8) is 0 Å². The average Bonchev–Trinajstić information content (AvgIpc) is 2.87. The van der Waals surface area contributed by atoms with Gasteiger partial charge in [-0.2, -0.15) is 0 Å². The minimum absolute atomic E-state index is 0.102. The lowest BCUT2D eigenvalue weighted by Crippen LogP contribution is -2.53. The smallest absolute Gasteiger partial charge is 0.246 e. The zero-order valence-corrected chi connectivity index (χ0v) is 11.4. The highest BCUT2D eigenvalue weighted by Crippen LogP contribution is 2.47. The molecule has 3 aliphatic heterocycles. The number of carbonyl (C=O) groups is 2. The predicted octanol–water partition coefficient (Wildman–Crippen LogP) is 0.299. The summed E-state index contributed by atoms with van der Waals surface area (Å²) in [5.74, 6) is 0.970. The standard InChI is InChI=1S/C12H18N2O3S/c1-12-3-2-10(15)14(12)9(8-18-12)11(16)13-4-6-17-7-5-13/h9H,2-8H2,1H3/t9-,12-/m0/s1. The summed E-state index contributed by atoms with van der Waals surface area (Å²) in [6, 6.07) is -0.256. The van der Waals surface area contributed by atoms with E-state index in [0.29, 0.717) is 32.7 Å². The third kappa shape index (κ3) is 1.82. The fourth-order valence-electron chi connectivity index (χ4n) is 3.00. The van der Waals surface area contributed by atoms with Crippen LogP contribution in [-0.2, 0) is 14.3 Å². The van der Waals surface area contributed by atoms with Crippen LogP contribution in [0.15, 0.2) is 0 Å². The number of thioether (sulfide) groups is 1. The molecule has 3 aliphatic rings. The zero-order valence-electron chi connectivity index (χ0n) is 10.6. The minimum Gasteiger partial charge on any atom is -0.378 e. The molecule has 100 valence electrons. The van der Waals surface area contributed by atoms with E-state index in [2.05, 4.69) is 6.92 Å². The van der Waals surface area contributed by atoms with E-state index >= 15 is 0 Å². The van der Waals surface area contributed by atoms with Gasteiger partial charge in [-0.3, -0.25) is 9.59 Å². The third-order valence-corrected chi connectivity index (χ3v) is 5.56. The topological polar surface area (TPSA) is 49.9 Å². The first-order valence-electron chi connectivity index (χ1n) is 6.44. The van der Waals surface area contributed by atoms with Crippen LogP contribution in [0.1, 0.15) is 19.8 Å². The Bertz CT molecular complexity index is 384. The van der Waals surface area contributed by atoms with Gasteiger partial charge in [0, 0.05) is 25.3 Å². The molecule has 0 saturated carbocycles. The summed E-state index contributed by atoms with van der Waals surface area (Å²) in [5, 5.41) is 0. The predicted molar refractivity (Wildman–Crippen MR) is 68.1 cm³/mol. The molecular weight excluding hydrogens is 252 g/mol. The van der Waals surface area contributed by atoms with Crippen molar-refractivity contribution in [2.45, 2.75) is 30.7 Å². The molecule has 0 bridgehead atoms. The van der Waals surface area contributed by atoms with Crippen molar-refractivity contribution in [2.24, 2.45) is 0 Å². The Morgan fingerprint density at radius 2 is 2.17 bits per heavy atom. The quantitative estimate of drug-likeness (QED) is 0.687. The number of fused-ring (bicyclic) bond motifs is 1. The number of ether oxygens (including phenoxy) is 1. The van der Waals surface area contributed by atoms with Gasteiger partial charge < -0.3 is 14.5 Å². The van der Waals surface area contributed by atoms with Gasteiger partial charge in [0.2, 0.25) is 11.8 Å². The van der Waals surface area contributed by atoms with Gasteiger partial charge in [-0.15, -0.1) is 11.8 Å². The molecule has 0 radical (unpaired) electrons. The maximum Gasteiger partial charge on any atom is 0.246 e. The minimum atomic E-state index is -0.256. The molecule has 3 rings (SSSR count). The molecule has 18 heavy (non-hydrogen) atoms. The van der Waals surface area contributed by atoms with Gasteiger partial charge in [-0.1, -0.05) is 0 Å². The normalized spacial score (nSPS) is 36.1. The molecule has 3 heterocycles. The van der Waals surface area contributed by atoms with Gasteiger partial charge in [-0.25, -0.2) is 0 Å². The SMILES string of the molecule is C[C@]12CCC(=O)N1[C@H](C(=O)N1CCOCC1)CS2. The molecule has 0 unspecified atom stereocenters. The number of rotatable bonds is 1. The molecule has 2 atom stereocenters. The molecule has 0 spiro atoms. The van der Waals surface area contributed by atoms with Crippen LogP contribution in [0.3, 0.4) is 0 Å². The van der Waals surface area contributed by atoms with Crippen molar-refractivity contribution in [1.82, 2.24) is 9.80 Å². The number of amides is 2. The van der Waals surface area contributed by atoms with Crippen LogP contribution >= 0.6 is 11.8 Å². The van der Waals surface area contributed by atoms with Gasteiger partial charge >= 0.3 is 0 Å². The molecular formula is C12H18N2O3S. The average molecular weight is 270 g/mol. The second-order valence-corrected chi connectivity index (χ2v) is 6.70. The third-order valence-electron chi connectivity index (χ3n) is 4.05. The van der Waals surface area contributed by atoms with E-state index in [9.17, 15) is 9.59 Å². The molecule has 0 N–H and O–H groups in total. The Kier molecular flexibility index (Phi) is 3.02. The van der Waals surface area contributed by atoms with Crippen molar-refractivity contribution < 1.29 is 14.3 Å².